The number of benzene rings is 2. The molecule has 0 unspecified atom stereocenters. The van der Waals surface area contributed by atoms with Crippen LogP contribution in [-0.2, 0) is 33.1 Å². The highest BCUT2D eigenvalue weighted by atomic mass is 32.2. The van der Waals surface area contributed by atoms with Crippen molar-refractivity contribution in [3.63, 3.8) is 0 Å². The minimum atomic E-state index is -3.91. The van der Waals surface area contributed by atoms with Crippen LogP contribution in [0, 0.1) is 0 Å². The molecule has 2 heterocycles. The normalized spacial score (nSPS) is 12.4. The highest BCUT2D eigenvalue weighted by Crippen LogP contribution is 2.28. The third-order valence-corrected chi connectivity index (χ3v) is 7.37. The quantitative estimate of drug-likeness (QED) is 0.430. The number of furan rings is 2. The van der Waals surface area contributed by atoms with Gasteiger partial charge >= 0.3 is 0 Å². The predicted octanol–water partition coefficient (Wildman–Crippen LogP) is 2.98. The topological polar surface area (TPSA) is 119 Å². The number of hydrogen-bond donors (Lipinski definition) is 2. The lowest BCUT2D eigenvalue weighted by Crippen LogP contribution is -2.24. The Labute approximate surface area is 173 Å². The molecule has 0 saturated carbocycles. The number of sulfonamides is 2. The number of rotatable bonds is 8. The van der Waals surface area contributed by atoms with Gasteiger partial charge in [-0.2, -0.15) is 0 Å². The van der Waals surface area contributed by atoms with Gasteiger partial charge in [0.15, 0.2) is 0 Å². The lowest BCUT2D eigenvalue weighted by Gasteiger charge is -2.12. The van der Waals surface area contributed by atoms with E-state index in [2.05, 4.69) is 9.44 Å². The average Bonchev–Trinajstić information content (AvgIpc) is 3.44. The third kappa shape index (κ3) is 4.17. The summed E-state index contributed by atoms with van der Waals surface area (Å²) >= 11 is 0. The summed E-state index contributed by atoms with van der Waals surface area (Å²) in [5.74, 6) is 0.924. The van der Waals surface area contributed by atoms with E-state index >= 15 is 0 Å². The van der Waals surface area contributed by atoms with Gasteiger partial charge in [0.2, 0.25) is 20.0 Å². The summed E-state index contributed by atoms with van der Waals surface area (Å²) in [6.07, 6.45) is 2.91. The zero-order valence-electron chi connectivity index (χ0n) is 15.6. The minimum Gasteiger partial charge on any atom is -0.468 e. The Kier molecular flexibility index (Phi) is 5.48. The van der Waals surface area contributed by atoms with Crippen molar-refractivity contribution in [3.05, 3.63) is 84.7 Å². The second-order valence-corrected chi connectivity index (χ2v) is 9.89. The Morgan fingerprint density at radius 3 is 1.40 bits per heavy atom. The van der Waals surface area contributed by atoms with Crippen LogP contribution < -0.4 is 9.44 Å². The van der Waals surface area contributed by atoms with E-state index in [4.69, 9.17) is 8.83 Å². The summed E-state index contributed by atoms with van der Waals surface area (Å²) in [6.45, 7) is -0.0389. The first-order valence-corrected chi connectivity index (χ1v) is 11.9. The number of fused-ring (bicyclic) bond motifs is 1. The first kappa shape index (κ1) is 20.4. The molecule has 10 heteroatoms. The summed E-state index contributed by atoms with van der Waals surface area (Å²) in [5.41, 5.74) is 0. The molecule has 0 aliphatic rings. The van der Waals surface area contributed by atoms with Gasteiger partial charge < -0.3 is 8.83 Å². The standard InChI is InChI=1S/C20H18N2O6S2/c23-29(24,21-13-15-5-3-11-27-15)19-9-1-7-17-18(19)8-2-10-20(17)30(25,26)22-14-16-6-4-12-28-16/h1-12,21-22H,13-14H2. The van der Waals surface area contributed by atoms with E-state index in [9.17, 15) is 16.8 Å². The molecule has 2 aromatic carbocycles. The molecule has 0 aliphatic carbocycles. The molecule has 0 radical (unpaired) electrons. The van der Waals surface area contributed by atoms with Gasteiger partial charge in [-0.3, -0.25) is 0 Å². The first-order valence-electron chi connectivity index (χ1n) is 8.93. The van der Waals surface area contributed by atoms with Gasteiger partial charge in [-0.15, -0.1) is 0 Å². The van der Waals surface area contributed by atoms with Crippen molar-refractivity contribution in [2.75, 3.05) is 0 Å². The molecule has 0 aliphatic heterocycles. The van der Waals surface area contributed by atoms with Gasteiger partial charge in [0, 0.05) is 10.8 Å². The molecule has 0 atom stereocenters. The van der Waals surface area contributed by atoms with Crippen molar-refractivity contribution in [1.29, 1.82) is 0 Å². The molecule has 0 fully saturated rings. The van der Waals surface area contributed by atoms with Crippen LogP contribution in [0.1, 0.15) is 11.5 Å². The van der Waals surface area contributed by atoms with Crippen molar-refractivity contribution < 1.29 is 25.7 Å². The second kappa shape index (κ2) is 8.07. The minimum absolute atomic E-state index is 0.0189. The molecule has 8 nitrogen and oxygen atoms in total. The SMILES string of the molecule is O=S(=O)(NCc1ccco1)c1cccc2c(S(=O)(=O)NCc3ccco3)cccc12. The van der Waals surface area contributed by atoms with Gasteiger partial charge in [0.25, 0.3) is 0 Å². The van der Waals surface area contributed by atoms with E-state index in [0.29, 0.717) is 22.3 Å². The molecule has 2 N–H and O–H groups in total. The van der Waals surface area contributed by atoms with Gasteiger partial charge in [-0.05, 0) is 36.4 Å². The van der Waals surface area contributed by atoms with Crippen LogP contribution in [0.15, 0.2) is 91.8 Å². The fourth-order valence-corrected chi connectivity index (χ4v) is 5.46. The van der Waals surface area contributed by atoms with Gasteiger partial charge in [-0.25, -0.2) is 26.3 Å². The fraction of sp³-hybridized carbons (Fsp3) is 0.100. The molecule has 0 bridgehead atoms. The highest BCUT2D eigenvalue weighted by Gasteiger charge is 2.22. The Morgan fingerprint density at radius 1 is 0.600 bits per heavy atom. The lowest BCUT2D eigenvalue weighted by atomic mass is 10.1. The van der Waals surface area contributed by atoms with E-state index in [1.54, 1.807) is 36.4 Å². The van der Waals surface area contributed by atoms with Crippen LogP contribution in [-0.4, -0.2) is 16.8 Å². The smallest absolute Gasteiger partial charge is 0.241 e. The zero-order chi connectivity index (χ0) is 21.2. The van der Waals surface area contributed by atoms with Crippen LogP contribution in [0.2, 0.25) is 0 Å². The maximum absolute atomic E-state index is 12.9. The van der Waals surface area contributed by atoms with E-state index < -0.39 is 20.0 Å². The van der Waals surface area contributed by atoms with Crippen molar-refractivity contribution in [1.82, 2.24) is 9.44 Å². The molecule has 0 saturated heterocycles. The van der Waals surface area contributed by atoms with Crippen LogP contribution in [0.3, 0.4) is 0 Å². The Hall–Kier alpha value is -2.92. The molecule has 0 spiro atoms. The largest absolute Gasteiger partial charge is 0.468 e. The second-order valence-electron chi connectivity index (χ2n) is 6.42. The lowest BCUT2D eigenvalue weighted by molar-refractivity contribution is 0.498. The summed E-state index contributed by atoms with van der Waals surface area (Å²) in [4.78, 5) is -0.0377. The third-order valence-electron chi connectivity index (χ3n) is 4.45. The van der Waals surface area contributed by atoms with Crippen molar-refractivity contribution in [2.24, 2.45) is 0 Å². The summed E-state index contributed by atoms with van der Waals surface area (Å²) in [5, 5.41) is 0.593. The van der Waals surface area contributed by atoms with Crippen LogP contribution in [0.5, 0.6) is 0 Å². The Bertz CT molecular complexity index is 1250. The van der Waals surface area contributed by atoms with E-state index in [1.807, 2.05) is 0 Å². The Balaban J connectivity index is 1.69. The summed E-state index contributed by atoms with van der Waals surface area (Å²) in [7, 11) is -7.83. The summed E-state index contributed by atoms with van der Waals surface area (Å²) in [6, 6.07) is 15.7. The van der Waals surface area contributed by atoms with Crippen molar-refractivity contribution in [3.8, 4) is 0 Å². The maximum Gasteiger partial charge on any atom is 0.241 e. The van der Waals surface area contributed by atoms with Crippen LogP contribution in [0.4, 0.5) is 0 Å². The number of hydrogen-bond acceptors (Lipinski definition) is 6. The van der Waals surface area contributed by atoms with E-state index in [1.165, 1.54) is 36.8 Å². The zero-order valence-corrected chi connectivity index (χ0v) is 17.2. The Morgan fingerprint density at radius 2 is 1.03 bits per heavy atom. The average molecular weight is 447 g/mol. The van der Waals surface area contributed by atoms with Gasteiger partial charge in [-0.1, -0.05) is 24.3 Å². The molecular formula is C20H18N2O6S2. The number of nitrogens with one attached hydrogen (secondary N) is 2. The van der Waals surface area contributed by atoms with E-state index in [-0.39, 0.29) is 22.9 Å². The van der Waals surface area contributed by atoms with E-state index in [0.717, 1.165) is 0 Å². The monoisotopic (exact) mass is 446 g/mol. The molecule has 156 valence electrons. The fourth-order valence-electron chi connectivity index (χ4n) is 3.04. The maximum atomic E-state index is 12.9. The highest BCUT2D eigenvalue weighted by molar-refractivity contribution is 7.90. The van der Waals surface area contributed by atoms with Crippen molar-refractivity contribution in [2.45, 2.75) is 22.9 Å². The van der Waals surface area contributed by atoms with Crippen molar-refractivity contribution >= 4 is 30.8 Å². The molecule has 4 rings (SSSR count). The predicted molar refractivity (Wildman–Crippen MR) is 109 cm³/mol. The molecule has 30 heavy (non-hydrogen) atoms. The van der Waals surface area contributed by atoms with Crippen LogP contribution >= 0.6 is 0 Å². The molecular weight excluding hydrogens is 428 g/mol. The summed E-state index contributed by atoms with van der Waals surface area (Å²) < 4.78 is 66.7. The molecule has 2 aromatic heterocycles. The molecule has 4 aromatic rings. The van der Waals surface area contributed by atoms with Gasteiger partial charge in [0.05, 0.1) is 35.4 Å². The van der Waals surface area contributed by atoms with Gasteiger partial charge in [0.1, 0.15) is 11.5 Å². The van der Waals surface area contributed by atoms with Crippen LogP contribution in [0.25, 0.3) is 10.8 Å². The first-order chi connectivity index (χ1) is 14.4. The molecule has 0 amide bonds.